The molecule has 2 aromatic rings. The number of hydrogen-bond acceptors (Lipinski definition) is 4. The van der Waals surface area contributed by atoms with Crippen molar-refractivity contribution in [3.05, 3.63) is 24.2 Å². The summed E-state index contributed by atoms with van der Waals surface area (Å²) in [5.74, 6) is 1.49. The molecule has 5 nitrogen and oxygen atoms in total. The lowest BCUT2D eigenvalue weighted by Gasteiger charge is -1.93. The van der Waals surface area contributed by atoms with E-state index in [0.29, 0.717) is 12.3 Å². The molecule has 0 saturated heterocycles. The number of aromatic nitrogens is 3. The number of aryl methyl sites for hydroxylation is 1. The molecule has 0 bridgehead atoms. The summed E-state index contributed by atoms with van der Waals surface area (Å²) in [6.45, 7) is 0.702. The van der Waals surface area contributed by atoms with Gasteiger partial charge in [-0.25, -0.2) is 4.98 Å². The lowest BCUT2D eigenvalue weighted by molar-refractivity contribution is 0.418. The Hall–Kier alpha value is -1.62. The highest BCUT2D eigenvalue weighted by Crippen LogP contribution is 2.17. The van der Waals surface area contributed by atoms with Crippen molar-refractivity contribution in [2.75, 3.05) is 7.05 Å². The summed E-state index contributed by atoms with van der Waals surface area (Å²) in [6.07, 6.45) is 3.60. The van der Waals surface area contributed by atoms with E-state index in [1.165, 1.54) is 0 Å². The van der Waals surface area contributed by atoms with Crippen molar-refractivity contribution in [3.8, 4) is 11.6 Å². The van der Waals surface area contributed by atoms with Gasteiger partial charge in [-0.3, -0.25) is 0 Å². The Morgan fingerprint density at radius 2 is 2.43 bits per heavy atom. The van der Waals surface area contributed by atoms with E-state index >= 15 is 0 Å². The van der Waals surface area contributed by atoms with E-state index in [0.717, 1.165) is 11.5 Å². The highest BCUT2D eigenvalue weighted by molar-refractivity contribution is 5.47. The summed E-state index contributed by atoms with van der Waals surface area (Å²) < 4.78 is 7.06. The van der Waals surface area contributed by atoms with E-state index in [1.807, 2.05) is 30.9 Å². The third-order valence-corrected chi connectivity index (χ3v) is 1.96. The molecule has 0 radical (unpaired) electrons. The molecule has 0 spiro atoms. The molecule has 0 saturated carbocycles. The van der Waals surface area contributed by atoms with Gasteiger partial charge in [-0.05, 0) is 7.05 Å². The number of nitrogens with zero attached hydrogens (tertiary/aromatic N) is 3. The van der Waals surface area contributed by atoms with Crippen LogP contribution in [0.3, 0.4) is 0 Å². The molecule has 2 aromatic heterocycles. The fraction of sp³-hybridized carbons (Fsp3) is 0.333. The minimum absolute atomic E-state index is 0.697. The summed E-state index contributed by atoms with van der Waals surface area (Å²) in [7, 11) is 3.79. The number of rotatable bonds is 3. The summed E-state index contributed by atoms with van der Waals surface area (Å²) in [6, 6.07) is 1.89. The predicted octanol–water partition coefficient (Wildman–Crippen LogP) is 0.794. The van der Waals surface area contributed by atoms with Crippen LogP contribution in [0.1, 0.15) is 5.69 Å². The largest absolute Gasteiger partial charge is 0.353 e. The first kappa shape index (κ1) is 8.96. The van der Waals surface area contributed by atoms with E-state index < -0.39 is 0 Å². The summed E-state index contributed by atoms with van der Waals surface area (Å²) >= 11 is 0. The van der Waals surface area contributed by atoms with Crippen LogP contribution in [0.2, 0.25) is 0 Å². The van der Waals surface area contributed by atoms with Gasteiger partial charge in [-0.1, -0.05) is 5.16 Å². The quantitative estimate of drug-likeness (QED) is 0.781. The molecule has 0 fully saturated rings. The smallest absolute Gasteiger partial charge is 0.202 e. The average molecular weight is 192 g/mol. The first-order valence-corrected chi connectivity index (χ1v) is 4.39. The minimum atomic E-state index is 0.697. The van der Waals surface area contributed by atoms with Gasteiger partial charge in [0.05, 0.1) is 5.69 Å². The molecule has 0 aromatic carbocycles. The topological polar surface area (TPSA) is 55.9 Å². The Kier molecular flexibility index (Phi) is 2.32. The summed E-state index contributed by atoms with van der Waals surface area (Å²) in [5.41, 5.74) is 0.880. The van der Waals surface area contributed by atoms with E-state index in [9.17, 15) is 0 Å². The summed E-state index contributed by atoms with van der Waals surface area (Å²) in [4.78, 5) is 4.17. The van der Waals surface area contributed by atoms with Crippen molar-refractivity contribution in [2.24, 2.45) is 7.05 Å². The van der Waals surface area contributed by atoms with Crippen molar-refractivity contribution >= 4 is 0 Å². The van der Waals surface area contributed by atoms with Crippen molar-refractivity contribution in [1.82, 2.24) is 20.0 Å². The van der Waals surface area contributed by atoms with Crippen molar-refractivity contribution in [1.29, 1.82) is 0 Å². The fourth-order valence-electron chi connectivity index (χ4n) is 1.28. The molecule has 2 heterocycles. The average Bonchev–Trinajstić information content (AvgIpc) is 2.74. The van der Waals surface area contributed by atoms with Gasteiger partial charge in [-0.2, -0.15) is 0 Å². The molecule has 0 aliphatic carbocycles. The predicted molar refractivity (Wildman–Crippen MR) is 51.5 cm³/mol. The second kappa shape index (κ2) is 3.63. The number of imidazole rings is 1. The molecule has 0 aliphatic heterocycles. The van der Waals surface area contributed by atoms with E-state index in [4.69, 9.17) is 4.52 Å². The molecule has 0 amide bonds. The van der Waals surface area contributed by atoms with Gasteiger partial charge in [-0.15, -0.1) is 0 Å². The van der Waals surface area contributed by atoms with E-state index in [-0.39, 0.29) is 0 Å². The van der Waals surface area contributed by atoms with Crippen LogP contribution in [0.25, 0.3) is 11.6 Å². The third-order valence-electron chi connectivity index (χ3n) is 1.96. The molecule has 0 aliphatic rings. The van der Waals surface area contributed by atoms with Crippen LogP contribution in [0.4, 0.5) is 0 Å². The van der Waals surface area contributed by atoms with Crippen LogP contribution in [0, 0.1) is 0 Å². The third kappa shape index (κ3) is 1.54. The summed E-state index contributed by atoms with van der Waals surface area (Å²) in [5, 5.41) is 6.92. The minimum Gasteiger partial charge on any atom is -0.353 e. The number of nitrogens with one attached hydrogen (secondary N) is 1. The molecule has 0 unspecified atom stereocenters. The monoisotopic (exact) mass is 192 g/mol. The van der Waals surface area contributed by atoms with Crippen molar-refractivity contribution in [3.63, 3.8) is 0 Å². The van der Waals surface area contributed by atoms with E-state index in [2.05, 4.69) is 15.5 Å². The molecule has 74 valence electrons. The maximum Gasteiger partial charge on any atom is 0.202 e. The Bertz CT molecular complexity index is 418. The van der Waals surface area contributed by atoms with Gasteiger partial charge in [0.2, 0.25) is 5.76 Å². The van der Waals surface area contributed by atoms with Gasteiger partial charge in [0.25, 0.3) is 0 Å². The van der Waals surface area contributed by atoms with Crippen LogP contribution in [0.15, 0.2) is 23.0 Å². The van der Waals surface area contributed by atoms with Crippen LogP contribution in [-0.2, 0) is 13.6 Å². The zero-order chi connectivity index (χ0) is 9.97. The van der Waals surface area contributed by atoms with Gasteiger partial charge >= 0.3 is 0 Å². The lowest BCUT2D eigenvalue weighted by atomic mass is 10.3. The molecule has 14 heavy (non-hydrogen) atoms. The Morgan fingerprint density at radius 1 is 1.57 bits per heavy atom. The van der Waals surface area contributed by atoms with Crippen LogP contribution >= 0.6 is 0 Å². The van der Waals surface area contributed by atoms with Crippen LogP contribution in [0.5, 0.6) is 0 Å². The van der Waals surface area contributed by atoms with Crippen molar-refractivity contribution in [2.45, 2.75) is 6.54 Å². The Labute approximate surface area is 81.7 Å². The van der Waals surface area contributed by atoms with Gasteiger partial charge < -0.3 is 14.4 Å². The fourth-order valence-corrected chi connectivity index (χ4v) is 1.28. The van der Waals surface area contributed by atoms with E-state index in [1.54, 1.807) is 6.20 Å². The normalized spacial score (nSPS) is 10.7. The van der Waals surface area contributed by atoms with Crippen LogP contribution < -0.4 is 5.32 Å². The van der Waals surface area contributed by atoms with Gasteiger partial charge in [0.15, 0.2) is 5.82 Å². The standard InChI is InChI=1S/C9H12N4O/c1-10-6-7-5-8(14-12-7)9-11-3-4-13(9)2/h3-5,10H,6H2,1-2H3. The lowest BCUT2D eigenvalue weighted by Crippen LogP contribution is -2.04. The molecule has 0 atom stereocenters. The SMILES string of the molecule is CNCc1cc(-c2nccn2C)on1. The van der Waals surface area contributed by atoms with Gasteiger partial charge in [0, 0.05) is 32.1 Å². The zero-order valence-corrected chi connectivity index (χ0v) is 8.19. The van der Waals surface area contributed by atoms with Gasteiger partial charge in [0.1, 0.15) is 0 Å². The molecule has 2 rings (SSSR count). The molecule has 1 N–H and O–H groups in total. The first-order chi connectivity index (χ1) is 6.81. The highest BCUT2D eigenvalue weighted by atomic mass is 16.5. The second-order valence-corrected chi connectivity index (χ2v) is 3.07. The molecular formula is C9H12N4O. The van der Waals surface area contributed by atoms with Crippen LogP contribution in [-0.4, -0.2) is 21.8 Å². The molecular weight excluding hydrogens is 180 g/mol. The zero-order valence-electron chi connectivity index (χ0n) is 8.19. The maximum absolute atomic E-state index is 5.17. The Balaban J connectivity index is 2.29. The molecule has 5 heteroatoms. The Morgan fingerprint density at radius 3 is 3.07 bits per heavy atom. The second-order valence-electron chi connectivity index (χ2n) is 3.07. The first-order valence-electron chi connectivity index (χ1n) is 4.39. The highest BCUT2D eigenvalue weighted by Gasteiger charge is 2.09. The van der Waals surface area contributed by atoms with Crippen molar-refractivity contribution < 1.29 is 4.52 Å². The maximum atomic E-state index is 5.17. The number of hydrogen-bond donors (Lipinski definition) is 1.